The van der Waals surface area contributed by atoms with Gasteiger partial charge in [-0.1, -0.05) is 30.7 Å². The lowest BCUT2D eigenvalue weighted by atomic mass is 10.2. The molecule has 8 heteroatoms. The van der Waals surface area contributed by atoms with Crippen LogP contribution in [0.3, 0.4) is 0 Å². The highest BCUT2D eigenvalue weighted by atomic mass is 35.5. The van der Waals surface area contributed by atoms with Gasteiger partial charge in [0.1, 0.15) is 17.3 Å². The largest absolute Gasteiger partial charge is 0.495 e. The third-order valence-corrected chi connectivity index (χ3v) is 4.65. The highest BCUT2D eigenvalue weighted by molar-refractivity contribution is 6.32. The summed E-state index contributed by atoms with van der Waals surface area (Å²) in [6.45, 7) is 2.03. The van der Waals surface area contributed by atoms with Crippen molar-refractivity contribution in [3.8, 4) is 11.5 Å². The van der Waals surface area contributed by atoms with Crippen LogP contribution in [0.1, 0.15) is 12.7 Å². The molecule has 0 saturated heterocycles. The lowest BCUT2D eigenvalue weighted by molar-refractivity contribution is 0.395. The number of hydrogen-bond acceptors (Lipinski definition) is 6. The second-order valence-electron chi connectivity index (χ2n) is 5.89. The number of halogens is 1. The van der Waals surface area contributed by atoms with Gasteiger partial charge in [-0.05, 0) is 18.2 Å². The van der Waals surface area contributed by atoms with Crippen molar-refractivity contribution in [1.82, 2.24) is 19.6 Å². The van der Waals surface area contributed by atoms with Crippen LogP contribution < -0.4 is 14.8 Å². The van der Waals surface area contributed by atoms with E-state index in [1.165, 1.54) is 0 Å². The zero-order valence-electron chi connectivity index (χ0n) is 15.2. The Morgan fingerprint density at radius 3 is 2.59 bits per heavy atom. The molecule has 0 amide bonds. The number of rotatable bonds is 5. The zero-order valence-corrected chi connectivity index (χ0v) is 15.9. The van der Waals surface area contributed by atoms with Crippen LogP contribution in [-0.4, -0.2) is 33.8 Å². The Morgan fingerprint density at radius 1 is 1.07 bits per heavy atom. The minimum absolute atomic E-state index is 0.470. The fraction of sp³-hybridized carbons (Fsp3) is 0.211. The van der Waals surface area contributed by atoms with Crippen LogP contribution >= 0.6 is 11.6 Å². The molecular formula is C19H18ClN5O2. The quantitative estimate of drug-likeness (QED) is 0.555. The fourth-order valence-electron chi connectivity index (χ4n) is 3.03. The molecule has 4 rings (SSSR count). The predicted octanol–water partition coefficient (Wildman–Crippen LogP) is 4.25. The topological polar surface area (TPSA) is 73.6 Å². The number of methoxy groups -OCH3 is 2. The van der Waals surface area contributed by atoms with Gasteiger partial charge in [0.2, 0.25) is 5.95 Å². The van der Waals surface area contributed by atoms with Crippen LogP contribution in [0.5, 0.6) is 11.5 Å². The van der Waals surface area contributed by atoms with Crippen molar-refractivity contribution in [3.63, 3.8) is 0 Å². The summed E-state index contributed by atoms with van der Waals surface area (Å²) in [5.41, 5.74) is 2.24. The minimum Gasteiger partial charge on any atom is -0.495 e. The maximum Gasteiger partial charge on any atom is 0.215 e. The van der Waals surface area contributed by atoms with E-state index in [1.54, 1.807) is 26.4 Å². The van der Waals surface area contributed by atoms with Crippen molar-refractivity contribution in [1.29, 1.82) is 0 Å². The first-order valence-corrected chi connectivity index (χ1v) is 8.85. The molecule has 0 aliphatic heterocycles. The monoisotopic (exact) mass is 383 g/mol. The number of nitrogens with zero attached hydrogens (tertiary/aromatic N) is 4. The maximum absolute atomic E-state index is 6.30. The number of aryl methyl sites for hydroxylation is 1. The van der Waals surface area contributed by atoms with E-state index in [0.717, 1.165) is 28.8 Å². The molecule has 138 valence electrons. The van der Waals surface area contributed by atoms with Gasteiger partial charge < -0.3 is 14.8 Å². The van der Waals surface area contributed by atoms with Gasteiger partial charge in [-0.2, -0.15) is 0 Å². The number of fused-ring (bicyclic) bond motifs is 3. The Kier molecular flexibility index (Phi) is 4.45. The molecule has 27 heavy (non-hydrogen) atoms. The number of anilines is 2. The van der Waals surface area contributed by atoms with Crippen molar-refractivity contribution >= 4 is 39.8 Å². The van der Waals surface area contributed by atoms with Crippen LogP contribution in [0.4, 0.5) is 11.6 Å². The van der Waals surface area contributed by atoms with E-state index in [-0.39, 0.29) is 0 Å². The fourth-order valence-corrected chi connectivity index (χ4v) is 3.27. The molecule has 0 fully saturated rings. The lowest BCUT2D eigenvalue weighted by Gasteiger charge is -2.15. The molecular weight excluding hydrogens is 366 g/mol. The molecule has 0 saturated carbocycles. The van der Waals surface area contributed by atoms with E-state index < -0.39 is 0 Å². The van der Waals surface area contributed by atoms with E-state index in [1.807, 2.05) is 35.6 Å². The molecule has 1 N–H and O–H groups in total. The van der Waals surface area contributed by atoms with Crippen molar-refractivity contribution in [2.75, 3.05) is 19.5 Å². The molecule has 0 bridgehead atoms. The number of aromatic nitrogens is 4. The molecule has 0 atom stereocenters. The van der Waals surface area contributed by atoms with Crippen LogP contribution in [-0.2, 0) is 6.42 Å². The molecule has 0 aliphatic carbocycles. The van der Waals surface area contributed by atoms with Gasteiger partial charge in [0.05, 0.1) is 30.4 Å². The summed E-state index contributed by atoms with van der Waals surface area (Å²) in [5.74, 6) is 2.52. The average Bonchev–Trinajstić information content (AvgIpc) is 3.13. The van der Waals surface area contributed by atoms with Gasteiger partial charge in [0.15, 0.2) is 5.65 Å². The second-order valence-corrected chi connectivity index (χ2v) is 6.30. The van der Waals surface area contributed by atoms with Crippen LogP contribution in [0.2, 0.25) is 5.02 Å². The first-order chi connectivity index (χ1) is 13.2. The molecule has 2 heterocycles. The summed E-state index contributed by atoms with van der Waals surface area (Å²) in [4.78, 5) is 4.77. The molecule has 0 radical (unpaired) electrons. The Hall–Kier alpha value is -3.06. The van der Waals surface area contributed by atoms with Crippen molar-refractivity contribution < 1.29 is 9.47 Å². The van der Waals surface area contributed by atoms with E-state index in [4.69, 9.17) is 26.1 Å². The average molecular weight is 384 g/mol. The van der Waals surface area contributed by atoms with E-state index in [0.29, 0.717) is 28.2 Å². The summed E-state index contributed by atoms with van der Waals surface area (Å²) in [7, 11) is 3.15. The Labute approximate surface area is 160 Å². The van der Waals surface area contributed by atoms with Crippen molar-refractivity contribution in [2.24, 2.45) is 0 Å². The summed E-state index contributed by atoms with van der Waals surface area (Å²) in [6, 6.07) is 11.3. The van der Waals surface area contributed by atoms with Crippen LogP contribution in [0.15, 0.2) is 36.4 Å². The third-order valence-electron chi connectivity index (χ3n) is 4.35. The summed E-state index contributed by atoms with van der Waals surface area (Å²) >= 11 is 6.30. The molecule has 2 aromatic carbocycles. The standard InChI is InChI=1S/C19H18ClN5O2/c1-4-17-23-24-18-11-7-5-6-8-13(11)21-19(25(17)18)22-14-9-12(20)15(26-2)10-16(14)27-3/h5-10H,4H2,1-3H3,(H,21,22). The summed E-state index contributed by atoms with van der Waals surface area (Å²) in [5, 5.41) is 13.4. The Balaban J connectivity index is 1.93. The van der Waals surface area contributed by atoms with E-state index in [2.05, 4.69) is 15.5 Å². The SMILES string of the molecule is CCc1nnc2c3ccccc3nc(Nc3cc(Cl)c(OC)cc3OC)n12. The third kappa shape index (κ3) is 2.90. The molecule has 2 aromatic heterocycles. The number of hydrogen-bond donors (Lipinski definition) is 1. The molecule has 0 spiro atoms. The molecule has 7 nitrogen and oxygen atoms in total. The smallest absolute Gasteiger partial charge is 0.215 e. The van der Waals surface area contributed by atoms with Gasteiger partial charge in [-0.25, -0.2) is 9.38 Å². The van der Waals surface area contributed by atoms with Gasteiger partial charge in [0, 0.05) is 17.9 Å². The highest BCUT2D eigenvalue weighted by Gasteiger charge is 2.17. The first kappa shape index (κ1) is 17.4. The molecule has 0 aliphatic rings. The van der Waals surface area contributed by atoms with Gasteiger partial charge in [0.25, 0.3) is 0 Å². The maximum atomic E-state index is 6.30. The summed E-state index contributed by atoms with van der Waals surface area (Å²) in [6.07, 6.45) is 0.719. The minimum atomic E-state index is 0.470. The molecule has 0 unspecified atom stereocenters. The van der Waals surface area contributed by atoms with Crippen molar-refractivity contribution in [2.45, 2.75) is 13.3 Å². The predicted molar refractivity (Wildman–Crippen MR) is 106 cm³/mol. The van der Waals surface area contributed by atoms with Gasteiger partial charge >= 0.3 is 0 Å². The van der Waals surface area contributed by atoms with E-state index in [9.17, 15) is 0 Å². The van der Waals surface area contributed by atoms with Gasteiger partial charge in [-0.15, -0.1) is 10.2 Å². The second kappa shape index (κ2) is 6.92. The zero-order chi connectivity index (χ0) is 19.0. The number of para-hydroxylation sites is 1. The normalized spacial score (nSPS) is 11.1. The van der Waals surface area contributed by atoms with Gasteiger partial charge in [-0.3, -0.25) is 0 Å². The highest BCUT2D eigenvalue weighted by Crippen LogP contribution is 2.37. The Bertz CT molecular complexity index is 1140. The first-order valence-electron chi connectivity index (χ1n) is 8.47. The van der Waals surface area contributed by atoms with Crippen LogP contribution in [0.25, 0.3) is 16.6 Å². The van der Waals surface area contributed by atoms with Crippen molar-refractivity contribution in [3.05, 3.63) is 47.2 Å². The Morgan fingerprint density at radius 2 is 1.85 bits per heavy atom. The van der Waals surface area contributed by atoms with E-state index >= 15 is 0 Å². The number of benzene rings is 2. The number of ether oxygens (including phenoxy) is 2. The molecule has 4 aromatic rings. The van der Waals surface area contributed by atoms with Crippen LogP contribution in [0, 0.1) is 0 Å². The number of nitrogens with one attached hydrogen (secondary N) is 1. The lowest BCUT2D eigenvalue weighted by Crippen LogP contribution is -2.06. The summed E-state index contributed by atoms with van der Waals surface area (Å²) < 4.78 is 12.7.